The van der Waals surface area contributed by atoms with Gasteiger partial charge < -0.3 is 4.57 Å². The Balaban J connectivity index is 3.01. The van der Waals surface area contributed by atoms with E-state index in [2.05, 4.69) is 0 Å². The molecule has 1 aromatic heterocycles. The highest BCUT2D eigenvalue weighted by Gasteiger charge is 2.16. The highest BCUT2D eigenvalue weighted by molar-refractivity contribution is 5.93. The standard InChI is InChI=1S/C9H14N2O2/c1-7-5-6-10(2)8(7)9(12)11(3)13-4/h5-6H,1-4H3. The third-order valence-electron chi connectivity index (χ3n) is 2.04. The molecule has 72 valence electrons. The predicted molar refractivity (Wildman–Crippen MR) is 49.3 cm³/mol. The summed E-state index contributed by atoms with van der Waals surface area (Å²) in [6, 6.07) is 1.90. The molecule has 4 heteroatoms. The summed E-state index contributed by atoms with van der Waals surface area (Å²) in [5, 5.41) is 1.21. The maximum absolute atomic E-state index is 11.7. The average molecular weight is 182 g/mol. The van der Waals surface area contributed by atoms with Crippen molar-refractivity contribution in [2.75, 3.05) is 14.2 Å². The van der Waals surface area contributed by atoms with Crippen molar-refractivity contribution in [3.63, 3.8) is 0 Å². The van der Waals surface area contributed by atoms with Crippen LogP contribution in [0.5, 0.6) is 0 Å². The van der Waals surface area contributed by atoms with E-state index in [0.29, 0.717) is 5.69 Å². The molecule has 0 aliphatic heterocycles. The number of hydrogen-bond acceptors (Lipinski definition) is 2. The van der Waals surface area contributed by atoms with Crippen molar-refractivity contribution < 1.29 is 9.63 Å². The molecule has 1 amide bonds. The van der Waals surface area contributed by atoms with E-state index in [9.17, 15) is 4.79 Å². The smallest absolute Gasteiger partial charge is 0.294 e. The summed E-state index contributed by atoms with van der Waals surface area (Å²) >= 11 is 0. The number of nitrogens with zero attached hydrogens (tertiary/aromatic N) is 2. The number of hydrogen-bond donors (Lipinski definition) is 0. The first-order chi connectivity index (χ1) is 6.07. The van der Waals surface area contributed by atoms with E-state index in [1.54, 1.807) is 11.6 Å². The van der Waals surface area contributed by atoms with Crippen LogP contribution in [0, 0.1) is 6.92 Å². The minimum absolute atomic E-state index is 0.132. The van der Waals surface area contributed by atoms with Crippen LogP contribution in [-0.2, 0) is 11.9 Å². The summed E-state index contributed by atoms with van der Waals surface area (Å²) in [6.07, 6.45) is 1.85. The number of carbonyl (C=O) groups excluding carboxylic acids is 1. The topological polar surface area (TPSA) is 34.5 Å². The van der Waals surface area contributed by atoms with Crippen molar-refractivity contribution >= 4 is 5.91 Å². The third-order valence-corrected chi connectivity index (χ3v) is 2.04. The van der Waals surface area contributed by atoms with E-state index >= 15 is 0 Å². The summed E-state index contributed by atoms with van der Waals surface area (Å²) in [5.74, 6) is -0.132. The molecule has 4 nitrogen and oxygen atoms in total. The van der Waals surface area contributed by atoms with E-state index in [4.69, 9.17) is 4.84 Å². The van der Waals surface area contributed by atoms with Crippen LogP contribution in [-0.4, -0.2) is 29.7 Å². The first-order valence-electron chi connectivity index (χ1n) is 4.02. The zero-order chi connectivity index (χ0) is 10.0. The molecule has 0 atom stereocenters. The lowest BCUT2D eigenvalue weighted by Crippen LogP contribution is -2.27. The molecule has 0 saturated heterocycles. The number of amides is 1. The van der Waals surface area contributed by atoms with Crippen molar-refractivity contribution in [3.8, 4) is 0 Å². The third kappa shape index (κ3) is 1.72. The Labute approximate surface area is 77.7 Å². The van der Waals surface area contributed by atoms with Crippen molar-refractivity contribution in [2.24, 2.45) is 7.05 Å². The Morgan fingerprint density at radius 1 is 1.62 bits per heavy atom. The van der Waals surface area contributed by atoms with Crippen LogP contribution in [0.15, 0.2) is 12.3 Å². The van der Waals surface area contributed by atoms with Gasteiger partial charge in [-0.3, -0.25) is 9.63 Å². The molecule has 0 fully saturated rings. The quantitative estimate of drug-likeness (QED) is 0.639. The van der Waals surface area contributed by atoms with Crippen LogP contribution in [0.1, 0.15) is 16.1 Å². The number of carbonyl (C=O) groups is 1. The SMILES string of the molecule is CON(C)C(=O)c1c(C)ccn1C. The van der Waals surface area contributed by atoms with Gasteiger partial charge in [0.2, 0.25) is 0 Å². The number of rotatable bonds is 2. The van der Waals surface area contributed by atoms with Crippen LogP contribution in [0.25, 0.3) is 0 Å². The first-order valence-corrected chi connectivity index (χ1v) is 4.02. The normalized spacial score (nSPS) is 10.2. The van der Waals surface area contributed by atoms with Crippen LogP contribution < -0.4 is 0 Å². The van der Waals surface area contributed by atoms with Crippen molar-refractivity contribution in [1.82, 2.24) is 9.63 Å². The van der Waals surface area contributed by atoms with Gasteiger partial charge in [-0.25, -0.2) is 5.06 Å². The van der Waals surface area contributed by atoms with Crippen molar-refractivity contribution in [2.45, 2.75) is 6.92 Å². The van der Waals surface area contributed by atoms with Gasteiger partial charge >= 0.3 is 0 Å². The van der Waals surface area contributed by atoms with E-state index in [-0.39, 0.29) is 5.91 Å². The minimum atomic E-state index is -0.132. The molecule has 0 spiro atoms. The Kier molecular flexibility index (Phi) is 2.72. The number of aryl methyl sites for hydroxylation is 2. The Morgan fingerprint density at radius 3 is 2.62 bits per heavy atom. The van der Waals surface area contributed by atoms with Gasteiger partial charge in [0.05, 0.1) is 7.11 Å². The lowest BCUT2D eigenvalue weighted by atomic mass is 10.2. The molecule has 0 saturated carbocycles. The maximum Gasteiger partial charge on any atom is 0.294 e. The van der Waals surface area contributed by atoms with E-state index < -0.39 is 0 Å². The Morgan fingerprint density at radius 2 is 2.23 bits per heavy atom. The average Bonchev–Trinajstić information content (AvgIpc) is 2.44. The van der Waals surface area contributed by atoms with Crippen LogP contribution in [0.3, 0.4) is 0 Å². The predicted octanol–water partition coefficient (Wildman–Crippen LogP) is 0.967. The molecule has 13 heavy (non-hydrogen) atoms. The second-order valence-electron chi connectivity index (χ2n) is 2.94. The van der Waals surface area contributed by atoms with Gasteiger partial charge in [0.25, 0.3) is 5.91 Å². The van der Waals surface area contributed by atoms with Crippen LogP contribution in [0.4, 0.5) is 0 Å². The molecule has 0 bridgehead atoms. The van der Waals surface area contributed by atoms with Crippen molar-refractivity contribution in [3.05, 3.63) is 23.5 Å². The van der Waals surface area contributed by atoms with Crippen LogP contribution >= 0.6 is 0 Å². The lowest BCUT2D eigenvalue weighted by Gasteiger charge is -2.14. The van der Waals surface area contributed by atoms with Gasteiger partial charge in [0.1, 0.15) is 5.69 Å². The minimum Gasteiger partial charge on any atom is -0.346 e. The highest BCUT2D eigenvalue weighted by Crippen LogP contribution is 2.10. The van der Waals surface area contributed by atoms with Gasteiger partial charge in [-0.05, 0) is 18.6 Å². The fourth-order valence-electron chi connectivity index (χ4n) is 1.21. The fourth-order valence-corrected chi connectivity index (χ4v) is 1.21. The summed E-state index contributed by atoms with van der Waals surface area (Å²) in [6.45, 7) is 1.90. The van der Waals surface area contributed by atoms with Crippen molar-refractivity contribution in [1.29, 1.82) is 0 Å². The molecule has 0 aliphatic rings. The molecule has 1 heterocycles. The van der Waals surface area contributed by atoms with E-state index in [1.165, 1.54) is 12.2 Å². The molecular formula is C9H14N2O2. The summed E-state index contributed by atoms with van der Waals surface area (Å²) in [5.41, 5.74) is 1.61. The Bertz CT molecular complexity index is 298. The Hall–Kier alpha value is -1.29. The molecule has 1 aromatic rings. The molecule has 0 N–H and O–H groups in total. The second-order valence-corrected chi connectivity index (χ2v) is 2.94. The molecule has 0 unspecified atom stereocenters. The van der Waals surface area contributed by atoms with Gasteiger partial charge in [-0.2, -0.15) is 0 Å². The lowest BCUT2D eigenvalue weighted by molar-refractivity contribution is -0.0763. The zero-order valence-corrected chi connectivity index (χ0v) is 8.37. The van der Waals surface area contributed by atoms with Gasteiger partial charge in [-0.1, -0.05) is 0 Å². The highest BCUT2D eigenvalue weighted by atomic mass is 16.7. The van der Waals surface area contributed by atoms with Gasteiger partial charge in [-0.15, -0.1) is 0 Å². The summed E-state index contributed by atoms with van der Waals surface area (Å²) in [4.78, 5) is 16.5. The van der Waals surface area contributed by atoms with Gasteiger partial charge in [0.15, 0.2) is 0 Å². The van der Waals surface area contributed by atoms with Crippen LogP contribution in [0.2, 0.25) is 0 Å². The molecule has 0 radical (unpaired) electrons. The molecular weight excluding hydrogens is 168 g/mol. The summed E-state index contributed by atoms with van der Waals surface area (Å²) in [7, 11) is 4.90. The van der Waals surface area contributed by atoms with Gasteiger partial charge in [0, 0.05) is 20.3 Å². The second kappa shape index (κ2) is 3.62. The number of aromatic nitrogens is 1. The molecule has 1 rings (SSSR count). The fraction of sp³-hybridized carbons (Fsp3) is 0.444. The summed E-state index contributed by atoms with van der Waals surface area (Å²) < 4.78 is 1.78. The number of hydroxylamine groups is 2. The molecule has 0 aliphatic carbocycles. The molecule has 0 aromatic carbocycles. The largest absolute Gasteiger partial charge is 0.346 e. The monoisotopic (exact) mass is 182 g/mol. The zero-order valence-electron chi connectivity index (χ0n) is 8.37. The van der Waals surface area contributed by atoms with E-state index in [0.717, 1.165) is 5.56 Å². The maximum atomic E-state index is 11.7. The first kappa shape index (κ1) is 9.80. The van der Waals surface area contributed by atoms with E-state index in [1.807, 2.05) is 26.2 Å².